The standard InChI is InChI=1S/C10H12BrNO/c1-7-5-10(13)9(11)6-8(7)3-2-4-12/h2-3,5-6,13H,4,12H2,1H3/b3-2+. The second-order valence-electron chi connectivity index (χ2n) is 2.80. The molecule has 0 aliphatic rings. The SMILES string of the molecule is Cc1cc(O)c(Br)cc1/C=C/CN. The number of phenols is 1. The van der Waals surface area contributed by atoms with Crippen LogP contribution >= 0.6 is 15.9 Å². The first kappa shape index (κ1) is 10.3. The van der Waals surface area contributed by atoms with Crippen molar-refractivity contribution in [3.63, 3.8) is 0 Å². The van der Waals surface area contributed by atoms with E-state index in [-0.39, 0.29) is 5.75 Å². The van der Waals surface area contributed by atoms with Crippen LogP contribution in [0.25, 0.3) is 6.08 Å². The molecule has 0 amide bonds. The highest BCUT2D eigenvalue weighted by atomic mass is 79.9. The smallest absolute Gasteiger partial charge is 0.130 e. The molecule has 70 valence electrons. The van der Waals surface area contributed by atoms with Gasteiger partial charge in [-0.2, -0.15) is 0 Å². The molecule has 0 saturated heterocycles. The molecule has 0 fully saturated rings. The molecule has 0 radical (unpaired) electrons. The fourth-order valence-corrected chi connectivity index (χ4v) is 1.42. The Kier molecular flexibility index (Phi) is 3.51. The first-order valence-electron chi connectivity index (χ1n) is 4.01. The Balaban J connectivity index is 3.08. The first-order valence-corrected chi connectivity index (χ1v) is 4.80. The molecule has 3 heteroatoms. The van der Waals surface area contributed by atoms with E-state index in [4.69, 9.17) is 5.73 Å². The van der Waals surface area contributed by atoms with Crippen LogP contribution in [-0.2, 0) is 0 Å². The molecule has 0 aromatic heterocycles. The summed E-state index contributed by atoms with van der Waals surface area (Å²) in [5.74, 6) is 0.266. The van der Waals surface area contributed by atoms with E-state index in [1.165, 1.54) is 0 Å². The van der Waals surface area contributed by atoms with Crippen molar-refractivity contribution in [3.05, 3.63) is 33.8 Å². The summed E-state index contributed by atoms with van der Waals surface area (Å²) in [6.45, 7) is 2.47. The highest BCUT2D eigenvalue weighted by Crippen LogP contribution is 2.27. The predicted octanol–water partition coefficient (Wildman–Crippen LogP) is 2.44. The van der Waals surface area contributed by atoms with Crippen LogP contribution in [0.15, 0.2) is 22.7 Å². The van der Waals surface area contributed by atoms with Gasteiger partial charge in [0.1, 0.15) is 5.75 Å². The Labute approximate surface area is 86.2 Å². The minimum Gasteiger partial charge on any atom is -0.507 e. The zero-order valence-corrected chi connectivity index (χ0v) is 9.01. The van der Waals surface area contributed by atoms with Crippen LogP contribution in [0, 0.1) is 6.92 Å². The normalized spacial score (nSPS) is 11.0. The molecule has 0 bridgehead atoms. The zero-order chi connectivity index (χ0) is 9.84. The van der Waals surface area contributed by atoms with E-state index in [9.17, 15) is 5.11 Å². The molecule has 0 unspecified atom stereocenters. The molecule has 1 rings (SSSR count). The number of aromatic hydroxyl groups is 1. The minimum atomic E-state index is 0.266. The van der Waals surface area contributed by atoms with Crippen molar-refractivity contribution in [1.82, 2.24) is 0 Å². The third-order valence-electron chi connectivity index (χ3n) is 1.77. The molecule has 0 aliphatic carbocycles. The van der Waals surface area contributed by atoms with Crippen LogP contribution in [-0.4, -0.2) is 11.7 Å². The molecule has 1 aromatic rings. The van der Waals surface area contributed by atoms with E-state index >= 15 is 0 Å². The zero-order valence-electron chi connectivity index (χ0n) is 7.42. The summed E-state index contributed by atoms with van der Waals surface area (Å²) >= 11 is 3.26. The predicted molar refractivity (Wildman–Crippen MR) is 58.6 cm³/mol. The largest absolute Gasteiger partial charge is 0.507 e. The maximum absolute atomic E-state index is 9.35. The lowest BCUT2D eigenvalue weighted by atomic mass is 10.1. The molecular weight excluding hydrogens is 230 g/mol. The van der Waals surface area contributed by atoms with Gasteiger partial charge in [0.15, 0.2) is 0 Å². The lowest BCUT2D eigenvalue weighted by Crippen LogP contribution is -1.92. The maximum Gasteiger partial charge on any atom is 0.130 e. The van der Waals surface area contributed by atoms with Gasteiger partial charge in [0.05, 0.1) is 4.47 Å². The fraction of sp³-hybridized carbons (Fsp3) is 0.200. The van der Waals surface area contributed by atoms with Gasteiger partial charge in [-0.3, -0.25) is 0 Å². The first-order chi connectivity index (χ1) is 6.15. The second kappa shape index (κ2) is 4.44. The molecule has 0 heterocycles. The van der Waals surface area contributed by atoms with Crippen molar-refractivity contribution in [2.75, 3.05) is 6.54 Å². The van der Waals surface area contributed by atoms with Gasteiger partial charge in [0, 0.05) is 6.54 Å². The Morgan fingerprint density at radius 1 is 1.54 bits per heavy atom. The molecule has 1 aromatic carbocycles. The Morgan fingerprint density at radius 2 is 2.23 bits per heavy atom. The van der Waals surface area contributed by atoms with Crippen LogP contribution in [0.1, 0.15) is 11.1 Å². The van der Waals surface area contributed by atoms with Gasteiger partial charge in [-0.15, -0.1) is 0 Å². The van der Waals surface area contributed by atoms with Crippen molar-refractivity contribution in [2.24, 2.45) is 5.73 Å². The highest BCUT2D eigenvalue weighted by Gasteiger charge is 2.01. The van der Waals surface area contributed by atoms with E-state index in [1.807, 2.05) is 25.1 Å². The van der Waals surface area contributed by atoms with Gasteiger partial charge >= 0.3 is 0 Å². The van der Waals surface area contributed by atoms with Gasteiger partial charge in [-0.05, 0) is 46.1 Å². The monoisotopic (exact) mass is 241 g/mol. The van der Waals surface area contributed by atoms with E-state index < -0.39 is 0 Å². The van der Waals surface area contributed by atoms with Gasteiger partial charge in [0.25, 0.3) is 0 Å². The number of halogens is 1. The fourth-order valence-electron chi connectivity index (χ4n) is 1.06. The van der Waals surface area contributed by atoms with Crippen LogP contribution in [0.3, 0.4) is 0 Å². The molecular formula is C10H12BrNO. The van der Waals surface area contributed by atoms with E-state index in [2.05, 4.69) is 15.9 Å². The lowest BCUT2D eigenvalue weighted by Gasteiger charge is -2.03. The second-order valence-corrected chi connectivity index (χ2v) is 3.65. The average molecular weight is 242 g/mol. The molecule has 13 heavy (non-hydrogen) atoms. The molecule has 0 atom stereocenters. The van der Waals surface area contributed by atoms with E-state index in [0.29, 0.717) is 11.0 Å². The summed E-state index contributed by atoms with van der Waals surface area (Å²) < 4.78 is 0.703. The third-order valence-corrected chi connectivity index (χ3v) is 2.40. The van der Waals surface area contributed by atoms with Crippen LogP contribution < -0.4 is 5.73 Å². The van der Waals surface area contributed by atoms with Crippen LogP contribution in [0.4, 0.5) is 0 Å². The quantitative estimate of drug-likeness (QED) is 0.836. The third kappa shape index (κ3) is 2.57. The van der Waals surface area contributed by atoms with E-state index in [0.717, 1.165) is 11.1 Å². The number of hydrogen-bond donors (Lipinski definition) is 2. The summed E-state index contributed by atoms with van der Waals surface area (Å²) in [6.07, 6.45) is 3.82. The molecule has 2 nitrogen and oxygen atoms in total. The lowest BCUT2D eigenvalue weighted by molar-refractivity contribution is 0.471. The number of nitrogens with two attached hydrogens (primary N) is 1. The van der Waals surface area contributed by atoms with Crippen molar-refractivity contribution < 1.29 is 5.11 Å². The summed E-state index contributed by atoms with van der Waals surface area (Å²) in [5, 5.41) is 9.35. The average Bonchev–Trinajstić information content (AvgIpc) is 2.09. The van der Waals surface area contributed by atoms with Gasteiger partial charge < -0.3 is 10.8 Å². The number of benzene rings is 1. The van der Waals surface area contributed by atoms with Crippen LogP contribution in [0.5, 0.6) is 5.75 Å². The summed E-state index contributed by atoms with van der Waals surface area (Å²) in [5.41, 5.74) is 7.44. The molecule has 0 spiro atoms. The summed E-state index contributed by atoms with van der Waals surface area (Å²) in [6, 6.07) is 3.59. The maximum atomic E-state index is 9.35. The van der Waals surface area contributed by atoms with Gasteiger partial charge in [0.2, 0.25) is 0 Å². The van der Waals surface area contributed by atoms with Gasteiger partial charge in [-0.25, -0.2) is 0 Å². The number of hydrogen-bond acceptors (Lipinski definition) is 2. The molecule has 3 N–H and O–H groups in total. The highest BCUT2D eigenvalue weighted by molar-refractivity contribution is 9.10. The topological polar surface area (TPSA) is 46.2 Å². The molecule has 0 saturated carbocycles. The summed E-state index contributed by atoms with van der Waals surface area (Å²) in [4.78, 5) is 0. The van der Waals surface area contributed by atoms with Crippen molar-refractivity contribution in [2.45, 2.75) is 6.92 Å². The molecule has 0 aliphatic heterocycles. The van der Waals surface area contributed by atoms with E-state index in [1.54, 1.807) is 6.07 Å². The number of phenolic OH excluding ortho intramolecular Hbond substituents is 1. The Morgan fingerprint density at radius 3 is 2.85 bits per heavy atom. The Hall–Kier alpha value is -0.800. The van der Waals surface area contributed by atoms with Gasteiger partial charge in [-0.1, -0.05) is 12.2 Å². The van der Waals surface area contributed by atoms with Crippen molar-refractivity contribution >= 4 is 22.0 Å². The van der Waals surface area contributed by atoms with Crippen molar-refractivity contribution in [3.8, 4) is 5.75 Å². The minimum absolute atomic E-state index is 0.266. The summed E-state index contributed by atoms with van der Waals surface area (Å²) in [7, 11) is 0. The van der Waals surface area contributed by atoms with Crippen molar-refractivity contribution in [1.29, 1.82) is 0 Å². The number of rotatable bonds is 2. The van der Waals surface area contributed by atoms with Crippen LogP contribution in [0.2, 0.25) is 0 Å². The Bertz CT molecular complexity index is 334. The number of aryl methyl sites for hydroxylation is 1.